The lowest BCUT2D eigenvalue weighted by Crippen LogP contribution is -2.28. The number of primary sulfonamides is 1. The molecular formula is C19H24N4O3S. The summed E-state index contributed by atoms with van der Waals surface area (Å²) in [4.78, 5) is 19.5. The van der Waals surface area contributed by atoms with E-state index >= 15 is 0 Å². The van der Waals surface area contributed by atoms with Crippen LogP contribution in [-0.2, 0) is 10.0 Å². The molecule has 1 aliphatic heterocycles. The van der Waals surface area contributed by atoms with Crippen molar-refractivity contribution in [2.75, 3.05) is 23.3 Å². The summed E-state index contributed by atoms with van der Waals surface area (Å²) in [6, 6.07) is 7.72. The molecular weight excluding hydrogens is 364 g/mol. The summed E-state index contributed by atoms with van der Waals surface area (Å²) in [5.41, 5.74) is 1.74. The highest BCUT2D eigenvalue weighted by Crippen LogP contribution is 2.24. The summed E-state index contributed by atoms with van der Waals surface area (Å²) in [5.74, 6) is 0.347. The van der Waals surface area contributed by atoms with Crippen LogP contribution in [0.5, 0.6) is 0 Å². The number of anilines is 2. The van der Waals surface area contributed by atoms with Gasteiger partial charge in [0.2, 0.25) is 10.0 Å². The Morgan fingerprint density at radius 3 is 2.52 bits per heavy atom. The maximum atomic E-state index is 12.9. The number of sulfonamides is 1. The van der Waals surface area contributed by atoms with Gasteiger partial charge in [-0.1, -0.05) is 18.9 Å². The lowest BCUT2D eigenvalue weighted by Gasteiger charge is -2.24. The first-order valence-corrected chi connectivity index (χ1v) is 10.5. The summed E-state index contributed by atoms with van der Waals surface area (Å²) in [6.45, 7) is 3.63. The van der Waals surface area contributed by atoms with Gasteiger partial charge in [-0.15, -0.1) is 0 Å². The number of pyridine rings is 1. The topological polar surface area (TPSA) is 105 Å². The first kappa shape index (κ1) is 19.3. The molecule has 0 bridgehead atoms. The maximum absolute atomic E-state index is 12.9. The molecule has 8 heteroatoms. The Kier molecular flexibility index (Phi) is 5.76. The first-order chi connectivity index (χ1) is 12.8. The molecule has 7 nitrogen and oxygen atoms in total. The normalized spacial score (nSPS) is 15.3. The van der Waals surface area contributed by atoms with E-state index in [-0.39, 0.29) is 10.8 Å². The molecule has 0 spiro atoms. The zero-order valence-corrected chi connectivity index (χ0v) is 16.1. The van der Waals surface area contributed by atoms with Crippen molar-refractivity contribution >= 4 is 27.4 Å². The zero-order chi connectivity index (χ0) is 19.4. The van der Waals surface area contributed by atoms with Crippen molar-refractivity contribution < 1.29 is 13.2 Å². The average molecular weight is 388 g/mol. The molecule has 2 heterocycles. The van der Waals surface area contributed by atoms with E-state index in [0.29, 0.717) is 17.1 Å². The Labute approximate surface area is 159 Å². The quantitative estimate of drug-likeness (QED) is 0.838. The molecule has 0 aliphatic carbocycles. The number of nitrogens with one attached hydrogen (secondary N) is 1. The van der Waals surface area contributed by atoms with Crippen LogP contribution in [0.4, 0.5) is 11.5 Å². The molecule has 3 N–H and O–H groups in total. The predicted molar refractivity (Wildman–Crippen MR) is 105 cm³/mol. The summed E-state index contributed by atoms with van der Waals surface area (Å²) in [5, 5.41) is 7.93. The number of rotatable bonds is 4. The van der Waals surface area contributed by atoms with Gasteiger partial charge < -0.3 is 10.2 Å². The first-order valence-electron chi connectivity index (χ1n) is 9.00. The molecule has 144 valence electrons. The van der Waals surface area contributed by atoms with Crippen LogP contribution in [0.25, 0.3) is 0 Å². The van der Waals surface area contributed by atoms with Gasteiger partial charge in [0.05, 0.1) is 10.5 Å². The van der Waals surface area contributed by atoms with Gasteiger partial charge in [0.15, 0.2) is 0 Å². The highest BCUT2D eigenvalue weighted by atomic mass is 32.2. The van der Waals surface area contributed by atoms with E-state index in [2.05, 4.69) is 15.2 Å². The molecule has 1 fully saturated rings. The largest absolute Gasteiger partial charge is 0.356 e. The Hall–Kier alpha value is -2.45. The minimum Gasteiger partial charge on any atom is -0.356 e. The van der Waals surface area contributed by atoms with Crippen molar-refractivity contribution in [1.29, 1.82) is 0 Å². The van der Waals surface area contributed by atoms with Crippen LogP contribution in [0.1, 0.15) is 41.6 Å². The molecule has 0 radical (unpaired) electrons. The van der Waals surface area contributed by atoms with Crippen molar-refractivity contribution in [2.45, 2.75) is 37.5 Å². The fourth-order valence-corrected chi connectivity index (χ4v) is 3.77. The third-order valence-electron chi connectivity index (χ3n) is 4.57. The smallest absolute Gasteiger partial charge is 0.259 e. The number of nitrogens with zero attached hydrogens (tertiary/aromatic N) is 2. The Morgan fingerprint density at radius 1 is 1.15 bits per heavy atom. The zero-order valence-electron chi connectivity index (χ0n) is 15.3. The number of nitrogens with two attached hydrogens (primary N) is 1. The van der Waals surface area contributed by atoms with E-state index < -0.39 is 10.0 Å². The highest BCUT2D eigenvalue weighted by Gasteiger charge is 2.20. The van der Waals surface area contributed by atoms with E-state index in [1.165, 1.54) is 25.0 Å². The van der Waals surface area contributed by atoms with Crippen molar-refractivity contribution in [3.8, 4) is 0 Å². The van der Waals surface area contributed by atoms with Gasteiger partial charge in [0.25, 0.3) is 5.91 Å². The van der Waals surface area contributed by atoms with Crippen LogP contribution in [0.2, 0.25) is 0 Å². The molecule has 1 aromatic carbocycles. The van der Waals surface area contributed by atoms with Crippen molar-refractivity contribution in [3.63, 3.8) is 0 Å². The third kappa shape index (κ3) is 4.84. The third-order valence-corrected chi connectivity index (χ3v) is 5.49. The maximum Gasteiger partial charge on any atom is 0.259 e. The van der Waals surface area contributed by atoms with E-state index in [4.69, 9.17) is 5.14 Å². The van der Waals surface area contributed by atoms with Crippen LogP contribution in [0.3, 0.4) is 0 Å². The van der Waals surface area contributed by atoms with Crippen LogP contribution < -0.4 is 15.4 Å². The predicted octanol–water partition coefficient (Wildman–Crippen LogP) is 2.67. The number of carbonyl (C=O) groups excluding carboxylic acids is 1. The standard InChI is InChI=1S/C19H24N4O3S/c1-14-11-17(18(21-13-14)23-9-4-2-3-5-10-23)19(24)22-15-7-6-8-16(12-15)27(20,25)26/h6-8,11-13H,2-5,9-10H2,1H3,(H,22,24)(H2,20,25,26). The summed E-state index contributed by atoms with van der Waals surface area (Å²) >= 11 is 0. The lowest BCUT2D eigenvalue weighted by atomic mass is 10.1. The number of amides is 1. The minimum absolute atomic E-state index is 0.0459. The fourth-order valence-electron chi connectivity index (χ4n) is 3.21. The lowest BCUT2D eigenvalue weighted by molar-refractivity contribution is 0.102. The average Bonchev–Trinajstić information content (AvgIpc) is 2.90. The monoisotopic (exact) mass is 388 g/mol. The van der Waals surface area contributed by atoms with Gasteiger partial charge in [-0.2, -0.15) is 0 Å². The van der Waals surface area contributed by atoms with E-state index in [9.17, 15) is 13.2 Å². The molecule has 2 aromatic rings. The number of aryl methyl sites for hydroxylation is 1. The molecule has 0 saturated carbocycles. The molecule has 0 unspecified atom stereocenters. The summed E-state index contributed by atoms with van der Waals surface area (Å²) in [7, 11) is -3.83. The second-order valence-electron chi connectivity index (χ2n) is 6.81. The molecule has 27 heavy (non-hydrogen) atoms. The minimum atomic E-state index is -3.83. The highest BCUT2D eigenvalue weighted by molar-refractivity contribution is 7.89. The van der Waals surface area contributed by atoms with Gasteiger partial charge >= 0.3 is 0 Å². The molecule has 3 rings (SSSR count). The Balaban J connectivity index is 1.89. The van der Waals surface area contributed by atoms with Gasteiger partial charge in [-0.05, 0) is 49.6 Å². The molecule has 1 saturated heterocycles. The number of hydrogen-bond acceptors (Lipinski definition) is 5. The number of hydrogen-bond donors (Lipinski definition) is 2. The number of benzene rings is 1. The fraction of sp³-hybridized carbons (Fsp3) is 0.368. The summed E-state index contributed by atoms with van der Waals surface area (Å²) in [6.07, 6.45) is 6.28. The Bertz CT molecular complexity index is 936. The van der Waals surface area contributed by atoms with Crippen LogP contribution >= 0.6 is 0 Å². The molecule has 1 amide bonds. The van der Waals surface area contributed by atoms with E-state index in [0.717, 1.165) is 31.5 Å². The van der Waals surface area contributed by atoms with E-state index in [1.54, 1.807) is 18.3 Å². The second-order valence-corrected chi connectivity index (χ2v) is 8.37. The number of carbonyl (C=O) groups is 1. The molecule has 1 aliphatic rings. The summed E-state index contributed by atoms with van der Waals surface area (Å²) < 4.78 is 23.1. The Morgan fingerprint density at radius 2 is 1.85 bits per heavy atom. The SMILES string of the molecule is Cc1cnc(N2CCCCCC2)c(C(=O)Nc2cccc(S(N)(=O)=O)c2)c1. The molecule has 1 aromatic heterocycles. The molecule has 0 atom stereocenters. The second kappa shape index (κ2) is 8.06. The van der Waals surface area contributed by atoms with Gasteiger partial charge in [0, 0.05) is 25.0 Å². The van der Waals surface area contributed by atoms with Crippen LogP contribution in [-0.4, -0.2) is 32.4 Å². The van der Waals surface area contributed by atoms with Crippen molar-refractivity contribution in [1.82, 2.24) is 4.98 Å². The van der Waals surface area contributed by atoms with Gasteiger partial charge in [-0.25, -0.2) is 18.5 Å². The van der Waals surface area contributed by atoms with Crippen molar-refractivity contribution in [3.05, 3.63) is 47.7 Å². The van der Waals surface area contributed by atoms with Crippen molar-refractivity contribution in [2.24, 2.45) is 5.14 Å². The number of aromatic nitrogens is 1. The van der Waals surface area contributed by atoms with Crippen LogP contribution in [0, 0.1) is 6.92 Å². The van der Waals surface area contributed by atoms with Gasteiger partial charge in [-0.3, -0.25) is 4.79 Å². The van der Waals surface area contributed by atoms with Crippen LogP contribution in [0.15, 0.2) is 41.4 Å². The van der Waals surface area contributed by atoms with E-state index in [1.807, 2.05) is 13.0 Å². The van der Waals surface area contributed by atoms with Gasteiger partial charge in [0.1, 0.15) is 5.82 Å².